The molecule has 0 aromatic heterocycles. The average molecular weight is 307 g/mol. The fourth-order valence-corrected chi connectivity index (χ4v) is 4.02. The van der Waals surface area contributed by atoms with E-state index in [1.54, 1.807) is 11.8 Å². The molecule has 1 atom stereocenters. The van der Waals surface area contributed by atoms with Crippen molar-refractivity contribution < 1.29 is 13.2 Å². The molecule has 0 radical (unpaired) electrons. The first-order valence-electron chi connectivity index (χ1n) is 7.10. The summed E-state index contributed by atoms with van der Waals surface area (Å²) in [7, 11) is -2.98. The van der Waals surface area contributed by atoms with E-state index in [1.807, 2.05) is 43.3 Å². The van der Waals surface area contributed by atoms with Crippen LogP contribution >= 0.6 is 0 Å². The third kappa shape index (κ3) is 4.43. The van der Waals surface area contributed by atoms with Crippen LogP contribution in [-0.2, 0) is 14.6 Å². The molecule has 1 aromatic carbocycles. The maximum Gasteiger partial charge on any atom is 0.226 e. The Hall–Kier alpha value is -1.62. The van der Waals surface area contributed by atoms with Crippen LogP contribution in [0, 0.1) is 6.92 Å². The standard InChI is InChI=1S/C16H21NO3S/c1-13-6-8-15(9-7-13)4-3-5-16(18)17-10-11-21(19,20)12-14(17)2/h3-4,6-9,14H,5,10-12H2,1-2H3. The Morgan fingerprint density at radius 3 is 2.62 bits per heavy atom. The molecule has 2 rings (SSSR count). The minimum absolute atomic E-state index is 0.0132. The predicted octanol–water partition coefficient (Wildman–Crippen LogP) is 2.04. The molecular weight excluding hydrogens is 286 g/mol. The molecule has 1 unspecified atom stereocenters. The summed E-state index contributed by atoms with van der Waals surface area (Å²) >= 11 is 0. The minimum atomic E-state index is -2.98. The van der Waals surface area contributed by atoms with E-state index in [9.17, 15) is 13.2 Å². The van der Waals surface area contributed by atoms with Crippen LogP contribution in [0.15, 0.2) is 30.3 Å². The minimum Gasteiger partial charge on any atom is -0.338 e. The second-order valence-corrected chi connectivity index (χ2v) is 7.80. The lowest BCUT2D eigenvalue weighted by atomic mass is 10.1. The van der Waals surface area contributed by atoms with Crippen LogP contribution in [0.4, 0.5) is 0 Å². The molecule has 0 bridgehead atoms. The second-order valence-electron chi connectivity index (χ2n) is 5.57. The number of nitrogens with zero attached hydrogens (tertiary/aromatic N) is 1. The summed E-state index contributed by atoms with van der Waals surface area (Å²) < 4.78 is 23.0. The third-order valence-electron chi connectivity index (χ3n) is 3.67. The summed E-state index contributed by atoms with van der Waals surface area (Å²) in [6.07, 6.45) is 4.06. The molecule has 1 aliphatic heterocycles. The number of aryl methyl sites for hydroxylation is 1. The molecule has 114 valence electrons. The highest BCUT2D eigenvalue weighted by Gasteiger charge is 2.30. The number of carbonyl (C=O) groups is 1. The van der Waals surface area contributed by atoms with E-state index in [1.165, 1.54) is 5.56 Å². The van der Waals surface area contributed by atoms with E-state index < -0.39 is 9.84 Å². The summed E-state index contributed by atoms with van der Waals surface area (Å²) in [5.41, 5.74) is 2.26. The summed E-state index contributed by atoms with van der Waals surface area (Å²) in [6, 6.07) is 7.83. The van der Waals surface area contributed by atoms with Crippen LogP contribution in [0.2, 0.25) is 0 Å². The third-order valence-corrected chi connectivity index (χ3v) is 5.47. The second kappa shape index (κ2) is 6.43. The highest BCUT2D eigenvalue weighted by atomic mass is 32.2. The molecule has 1 saturated heterocycles. The first-order valence-corrected chi connectivity index (χ1v) is 8.92. The van der Waals surface area contributed by atoms with Crippen molar-refractivity contribution in [1.29, 1.82) is 0 Å². The molecule has 1 fully saturated rings. The number of sulfone groups is 1. The predicted molar refractivity (Wildman–Crippen MR) is 84.7 cm³/mol. The van der Waals surface area contributed by atoms with Crippen LogP contribution in [0.1, 0.15) is 24.5 Å². The van der Waals surface area contributed by atoms with Crippen molar-refractivity contribution in [2.75, 3.05) is 18.1 Å². The topological polar surface area (TPSA) is 54.5 Å². The fourth-order valence-electron chi connectivity index (χ4n) is 2.46. The Balaban J connectivity index is 1.91. The first-order chi connectivity index (χ1) is 9.87. The quantitative estimate of drug-likeness (QED) is 0.859. The molecule has 1 aromatic rings. The molecular formula is C16H21NO3S. The van der Waals surface area contributed by atoms with Gasteiger partial charge in [0.1, 0.15) is 0 Å². The van der Waals surface area contributed by atoms with E-state index in [-0.39, 0.29) is 23.5 Å². The fraction of sp³-hybridized carbons (Fsp3) is 0.438. The lowest BCUT2D eigenvalue weighted by Gasteiger charge is -2.33. The number of rotatable bonds is 3. The molecule has 4 nitrogen and oxygen atoms in total. The molecule has 0 saturated carbocycles. The molecule has 21 heavy (non-hydrogen) atoms. The lowest BCUT2D eigenvalue weighted by molar-refractivity contribution is -0.131. The Morgan fingerprint density at radius 1 is 1.33 bits per heavy atom. The van der Waals surface area contributed by atoms with Crippen LogP contribution < -0.4 is 0 Å². The molecule has 0 spiro atoms. The lowest BCUT2D eigenvalue weighted by Crippen LogP contribution is -2.49. The summed E-state index contributed by atoms with van der Waals surface area (Å²) in [5, 5.41) is 0. The SMILES string of the molecule is Cc1ccc(C=CCC(=O)N2CCS(=O)(=O)CC2C)cc1. The molecule has 1 aliphatic rings. The monoisotopic (exact) mass is 307 g/mol. The summed E-state index contributed by atoms with van der Waals surface area (Å²) in [5.74, 6) is 0.131. The van der Waals surface area contributed by atoms with Crippen LogP contribution in [0.5, 0.6) is 0 Å². The van der Waals surface area contributed by atoms with Crippen molar-refractivity contribution in [3.05, 3.63) is 41.5 Å². The molecule has 5 heteroatoms. The Kier molecular flexibility index (Phi) is 4.83. The van der Waals surface area contributed by atoms with E-state index in [2.05, 4.69) is 0 Å². The van der Waals surface area contributed by atoms with Gasteiger partial charge in [-0.3, -0.25) is 4.79 Å². The maximum absolute atomic E-state index is 12.1. The zero-order chi connectivity index (χ0) is 15.5. The van der Waals surface area contributed by atoms with Gasteiger partial charge in [-0.25, -0.2) is 8.42 Å². The van der Waals surface area contributed by atoms with Crippen LogP contribution in [-0.4, -0.2) is 43.3 Å². The van der Waals surface area contributed by atoms with Gasteiger partial charge in [0.25, 0.3) is 0 Å². The van der Waals surface area contributed by atoms with Gasteiger partial charge in [0, 0.05) is 19.0 Å². The van der Waals surface area contributed by atoms with Gasteiger partial charge in [-0.1, -0.05) is 42.0 Å². The van der Waals surface area contributed by atoms with Gasteiger partial charge in [-0.2, -0.15) is 0 Å². The number of amides is 1. The Morgan fingerprint density at radius 2 is 2.00 bits per heavy atom. The number of hydrogen-bond donors (Lipinski definition) is 0. The van der Waals surface area contributed by atoms with Gasteiger partial charge in [0.05, 0.1) is 11.5 Å². The zero-order valence-electron chi connectivity index (χ0n) is 12.5. The van der Waals surface area contributed by atoms with Crippen LogP contribution in [0.25, 0.3) is 6.08 Å². The molecule has 0 aliphatic carbocycles. The van der Waals surface area contributed by atoms with Crippen molar-refractivity contribution >= 4 is 21.8 Å². The van der Waals surface area contributed by atoms with Gasteiger partial charge in [-0.05, 0) is 19.4 Å². The molecule has 0 N–H and O–H groups in total. The van der Waals surface area contributed by atoms with E-state index >= 15 is 0 Å². The van der Waals surface area contributed by atoms with Crippen LogP contribution in [0.3, 0.4) is 0 Å². The number of carbonyl (C=O) groups excluding carboxylic acids is 1. The molecule has 1 amide bonds. The normalized spacial score (nSPS) is 21.6. The van der Waals surface area contributed by atoms with Crippen molar-refractivity contribution in [1.82, 2.24) is 4.90 Å². The van der Waals surface area contributed by atoms with Crippen molar-refractivity contribution in [3.63, 3.8) is 0 Å². The number of hydrogen-bond acceptors (Lipinski definition) is 3. The largest absolute Gasteiger partial charge is 0.338 e. The smallest absolute Gasteiger partial charge is 0.226 e. The van der Waals surface area contributed by atoms with Crippen molar-refractivity contribution in [3.8, 4) is 0 Å². The van der Waals surface area contributed by atoms with Gasteiger partial charge in [-0.15, -0.1) is 0 Å². The first kappa shape index (κ1) is 15.8. The van der Waals surface area contributed by atoms with Gasteiger partial charge in [0.15, 0.2) is 9.84 Å². The summed E-state index contributed by atoms with van der Waals surface area (Å²) in [4.78, 5) is 13.8. The van der Waals surface area contributed by atoms with Crippen molar-refractivity contribution in [2.24, 2.45) is 0 Å². The highest BCUT2D eigenvalue weighted by molar-refractivity contribution is 7.91. The van der Waals surface area contributed by atoms with E-state index in [0.717, 1.165) is 5.56 Å². The van der Waals surface area contributed by atoms with E-state index in [0.29, 0.717) is 13.0 Å². The highest BCUT2D eigenvalue weighted by Crippen LogP contribution is 2.13. The summed E-state index contributed by atoms with van der Waals surface area (Å²) in [6.45, 7) is 4.13. The van der Waals surface area contributed by atoms with Gasteiger partial charge < -0.3 is 4.90 Å². The maximum atomic E-state index is 12.1. The van der Waals surface area contributed by atoms with E-state index in [4.69, 9.17) is 0 Å². The number of benzene rings is 1. The zero-order valence-corrected chi connectivity index (χ0v) is 13.3. The van der Waals surface area contributed by atoms with Crippen molar-refractivity contribution in [2.45, 2.75) is 26.3 Å². The van der Waals surface area contributed by atoms with Gasteiger partial charge >= 0.3 is 0 Å². The van der Waals surface area contributed by atoms with Gasteiger partial charge in [0.2, 0.25) is 5.91 Å². The molecule has 1 heterocycles. The Bertz CT molecular complexity index is 632. The Labute approximate surface area is 126 Å². The average Bonchev–Trinajstić information content (AvgIpc) is 2.40.